The average molecular weight is 376 g/mol. The van der Waals surface area contributed by atoms with E-state index in [1.807, 2.05) is 6.92 Å². The number of carboxylic acid groups (broad SMARTS) is 1. The maximum Gasteiger partial charge on any atom is 0.306 e. The summed E-state index contributed by atoms with van der Waals surface area (Å²) in [4.78, 5) is 10.4. The van der Waals surface area contributed by atoms with Crippen LogP contribution in [0.1, 0.15) is 39.5 Å². The van der Waals surface area contributed by atoms with E-state index < -0.39 is 5.97 Å². The molecule has 0 aromatic carbocycles. The van der Waals surface area contributed by atoms with Crippen LogP contribution in [0.2, 0.25) is 0 Å². The molecule has 1 atom stereocenters. The van der Waals surface area contributed by atoms with Crippen LogP contribution in [0.25, 0.3) is 0 Å². The standard InChI is InChI=1S/C8H16O2.Th/c1-3-5-6-7(4-2)8(9)10;/h7H,3-6H2,1-2H3,(H,9,10);. The van der Waals surface area contributed by atoms with Crippen molar-refractivity contribution in [3.63, 3.8) is 0 Å². The third-order valence-corrected chi connectivity index (χ3v) is 1.75. The molecule has 64 valence electrons. The number of carbonyl (C=O) groups is 1. The van der Waals surface area contributed by atoms with Gasteiger partial charge in [0.25, 0.3) is 0 Å². The van der Waals surface area contributed by atoms with Gasteiger partial charge in [-0.2, -0.15) is 0 Å². The van der Waals surface area contributed by atoms with Crippen LogP contribution in [-0.4, -0.2) is 11.1 Å². The smallest absolute Gasteiger partial charge is 0.306 e. The van der Waals surface area contributed by atoms with Crippen LogP contribution >= 0.6 is 0 Å². The Morgan fingerprint density at radius 1 is 1.45 bits per heavy atom. The first-order chi connectivity index (χ1) is 4.72. The topological polar surface area (TPSA) is 37.3 Å². The van der Waals surface area contributed by atoms with E-state index in [0.29, 0.717) is 0 Å². The Morgan fingerprint density at radius 2 is 2.00 bits per heavy atom. The summed E-state index contributed by atoms with van der Waals surface area (Å²) >= 11 is 0. The van der Waals surface area contributed by atoms with Gasteiger partial charge in [-0.05, 0) is 12.8 Å². The minimum atomic E-state index is -0.643. The quantitative estimate of drug-likeness (QED) is 0.800. The van der Waals surface area contributed by atoms with Crippen molar-refractivity contribution in [3.05, 3.63) is 0 Å². The zero-order chi connectivity index (χ0) is 7.98. The molecule has 0 amide bonds. The number of rotatable bonds is 5. The van der Waals surface area contributed by atoms with Gasteiger partial charge in [0, 0.05) is 39.9 Å². The van der Waals surface area contributed by atoms with E-state index in [9.17, 15) is 4.79 Å². The first-order valence-electron chi connectivity index (χ1n) is 3.95. The van der Waals surface area contributed by atoms with Gasteiger partial charge in [0.05, 0.1) is 5.92 Å². The molecule has 1 N–H and O–H groups in total. The van der Waals surface area contributed by atoms with E-state index in [4.69, 9.17) is 5.11 Å². The van der Waals surface area contributed by atoms with Crippen LogP contribution in [0.5, 0.6) is 0 Å². The number of carboxylic acids is 1. The molecule has 1 unspecified atom stereocenters. The summed E-state index contributed by atoms with van der Waals surface area (Å²) in [5.41, 5.74) is 0. The van der Waals surface area contributed by atoms with Gasteiger partial charge in [0.15, 0.2) is 0 Å². The number of hydrogen-bond donors (Lipinski definition) is 1. The van der Waals surface area contributed by atoms with E-state index >= 15 is 0 Å². The molecule has 0 fully saturated rings. The third-order valence-electron chi connectivity index (χ3n) is 1.75. The molecule has 0 radical (unpaired) electrons. The van der Waals surface area contributed by atoms with E-state index in [0.717, 1.165) is 25.7 Å². The second-order valence-corrected chi connectivity index (χ2v) is 2.59. The van der Waals surface area contributed by atoms with Crippen molar-refractivity contribution in [2.45, 2.75) is 39.5 Å². The molecule has 11 heavy (non-hydrogen) atoms. The first-order valence-corrected chi connectivity index (χ1v) is 3.95. The second-order valence-electron chi connectivity index (χ2n) is 2.59. The summed E-state index contributed by atoms with van der Waals surface area (Å²) in [5, 5.41) is 8.60. The molecule has 0 aromatic heterocycles. The zero-order valence-electron chi connectivity index (χ0n) is 7.26. The Bertz CT molecular complexity index is 104. The Labute approximate surface area is 100 Å². The van der Waals surface area contributed by atoms with Gasteiger partial charge >= 0.3 is 5.97 Å². The summed E-state index contributed by atoms with van der Waals surface area (Å²) in [6.45, 7) is 4.00. The van der Waals surface area contributed by atoms with Gasteiger partial charge in [-0.1, -0.05) is 26.7 Å². The normalized spacial score (nSPS) is 11.8. The summed E-state index contributed by atoms with van der Waals surface area (Å²) in [5.74, 6) is -0.754. The summed E-state index contributed by atoms with van der Waals surface area (Å²) in [6.07, 6.45) is 3.71. The van der Waals surface area contributed by atoms with Crippen LogP contribution in [0, 0.1) is 45.9 Å². The Morgan fingerprint density at radius 3 is 2.27 bits per heavy atom. The minimum absolute atomic E-state index is 0. The molecular weight excluding hydrogens is 360 g/mol. The molecular formula is C8H16O2Th. The predicted molar refractivity (Wildman–Crippen MR) is 40.9 cm³/mol. The Kier molecular flexibility index (Phi) is 11.6. The van der Waals surface area contributed by atoms with Crippen molar-refractivity contribution in [1.82, 2.24) is 0 Å². The number of hydrogen-bond acceptors (Lipinski definition) is 1. The maximum atomic E-state index is 10.4. The fourth-order valence-electron chi connectivity index (χ4n) is 0.953. The van der Waals surface area contributed by atoms with Gasteiger partial charge in [0.1, 0.15) is 0 Å². The molecule has 0 rings (SSSR count). The Hall–Kier alpha value is 0.795. The molecule has 0 heterocycles. The van der Waals surface area contributed by atoms with Crippen molar-refractivity contribution >= 4 is 5.97 Å². The van der Waals surface area contributed by atoms with Crippen molar-refractivity contribution in [2.24, 2.45) is 5.92 Å². The summed E-state index contributed by atoms with van der Waals surface area (Å²) in [7, 11) is 0. The average Bonchev–Trinajstić information content (AvgIpc) is 1.89. The number of aliphatic carboxylic acids is 1. The Balaban J connectivity index is 0. The molecule has 0 aromatic rings. The van der Waals surface area contributed by atoms with Crippen LogP contribution < -0.4 is 0 Å². The van der Waals surface area contributed by atoms with Gasteiger partial charge in [-0.15, -0.1) is 0 Å². The number of unbranched alkanes of at least 4 members (excludes halogenated alkanes) is 1. The van der Waals surface area contributed by atoms with Crippen molar-refractivity contribution in [2.75, 3.05) is 0 Å². The second kappa shape index (κ2) is 8.89. The molecule has 0 saturated heterocycles. The molecule has 3 heteroatoms. The first kappa shape index (κ1) is 14.3. The van der Waals surface area contributed by atoms with Crippen LogP contribution in [0.4, 0.5) is 0 Å². The maximum absolute atomic E-state index is 10.4. The fraction of sp³-hybridized carbons (Fsp3) is 0.875. The molecule has 0 bridgehead atoms. The van der Waals surface area contributed by atoms with E-state index in [1.54, 1.807) is 0 Å². The monoisotopic (exact) mass is 376 g/mol. The third kappa shape index (κ3) is 7.17. The van der Waals surface area contributed by atoms with Gasteiger partial charge in [-0.3, -0.25) is 4.79 Å². The van der Waals surface area contributed by atoms with Crippen LogP contribution in [0.3, 0.4) is 0 Å². The zero-order valence-corrected chi connectivity index (χ0v) is 11.4. The minimum Gasteiger partial charge on any atom is -0.481 e. The van der Waals surface area contributed by atoms with Crippen molar-refractivity contribution in [1.29, 1.82) is 0 Å². The fourth-order valence-corrected chi connectivity index (χ4v) is 0.953. The van der Waals surface area contributed by atoms with Gasteiger partial charge in [0.2, 0.25) is 0 Å². The molecule has 0 aliphatic rings. The molecule has 0 spiro atoms. The van der Waals surface area contributed by atoms with E-state index in [-0.39, 0.29) is 45.9 Å². The molecule has 2 nitrogen and oxygen atoms in total. The SMILES string of the molecule is CCCCC(CC)C(=O)O.[Th]. The van der Waals surface area contributed by atoms with E-state index in [1.165, 1.54) is 0 Å². The summed E-state index contributed by atoms with van der Waals surface area (Å²) < 4.78 is 0. The molecule has 0 saturated carbocycles. The summed E-state index contributed by atoms with van der Waals surface area (Å²) in [6, 6.07) is 0. The molecule has 0 aliphatic heterocycles. The van der Waals surface area contributed by atoms with Crippen molar-refractivity contribution in [3.8, 4) is 0 Å². The van der Waals surface area contributed by atoms with Crippen LogP contribution in [0.15, 0.2) is 0 Å². The van der Waals surface area contributed by atoms with Crippen molar-refractivity contribution < 1.29 is 49.8 Å². The van der Waals surface area contributed by atoms with E-state index in [2.05, 4.69) is 6.92 Å². The predicted octanol–water partition coefficient (Wildman–Crippen LogP) is 2.29. The van der Waals surface area contributed by atoms with Crippen LogP contribution in [-0.2, 0) is 4.79 Å². The largest absolute Gasteiger partial charge is 0.481 e. The molecule has 0 aliphatic carbocycles. The van der Waals surface area contributed by atoms with Gasteiger partial charge in [-0.25, -0.2) is 0 Å². The van der Waals surface area contributed by atoms with Gasteiger partial charge < -0.3 is 5.11 Å².